The number of aromatic nitrogens is 4. The predicted molar refractivity (Wildman–Crippen MR) is 92.0 cm³/mol. The highest BCUT2D eigenvalue weighted by Crippen LogP contribution is 2.19. The molecule has 0 saturated heterocycles. The number of thioether (sulfide) groups is 2. The van der Waals surface area contributed by atoms with E-state index in [2.05, 4.69) is 19.9 Å². The van der Waals surface area contributed by atoms with Gasteiger partial charge in [-0.05, 0) is 12.5 Å². The quantitative estimate of drug-likeness (QED) is 0.188. The first-order valence-corrected chi connectivity index (χ1v) is 8.66. The Balaban J connectivity index is 0.000000428. The molecule has 0 unspecified atom stereocenters. The summed E-state index contributed by atoms with van der Waals surface area (Å²) in [5, 5.41) is 42.2. The summed E-state index contributed by atoms with van der Waals surface area (Å²) < 4.78 is 0. The van der Waals surface area contributed by atoms with Crippen LogP contribution in [0.15, 0.2) is 26.0 Å². The van der Waals surface area contributed by atoms with Crippen LogP contribution in [0.2, 0.25) is 0 Å². The molecule has 0 radical (unpaired) electrons. The van der Waals surface area contributed by atoms with Gasteiger partial charge in [0.25, 0.3) is 16.5 Å². The first-order chi connectivity index (χ1) is 12.5. The zero-order valence-corrected chi connectivity index (χ0v) is 15.1. The molecule has 0 aliphatic heterocycles. The van der Waals surface area contributed by atoms with E-state index in [0.29, 0.717) is 5.16 Å². The molecule has 148 valence electrons. The average molecular weight is 424 g/mol. The summed E-state index contributed by atoms with van der Waals surface area (Å²) in [5.41, 5.74) is -2.23. The molecule has 2 aromatic rings. The Morgan fingerprint density at radius 2 is 1.52 bits per heavy atom. The maximum Gasteiger partial charge on any atom is 0.395 e. The van der Waals surface area contributed by atoms with Gasteiger partial charge in [-0.3, -0.25) is 24.7 Å². The second-order valence-corrected chi connectivity index (χ2v) is 5.45. The number of aromatic amines is 2. The lowest BCUT2D eigenvalue weighted by atomic mass is 10.5. The van der Waals surface area contributed by atoms with Crippen LogP contribution in [0, 0.1) is 20.2 Å². The molecule has 15 nitrogen and oxygen atoms in total. The molecule has 0 atom stereocenters. The summed E-state index contributed by atoms with van der Waals surface area (Å²) >= 11 is 2.34. The molecule has 0 aliphatic rings. The van der Waals surface area contributed by atoms with Crippen molar-refractivity contribution in [2.24, 2.45) is 0 Å². The number of aromatic hydroxyl groups is 2. The molecule has 0 amide bonds. The maximum atomic E-state index is 11.0. The number of H-pyrrole nitrogens is 2. The molecular weight excluding hydrogens is 412 g/mol. The fourth-order valence-electron chi connectivity index (χ4n) is 1.22. The number of nitrogens with zero attached hydrogens (tertiary/aromatic N) is 4. The fourth-order valence-corrected chi connectivity index (χ4v) is 1.98. The van der Waals surface area contributed by atoms with Crippen molar-refractivity contribution in [3.05, 3.63) is 47.0 Å². The topological polar surface area (TPSA) is 238 Å². The van der Waals surface area contributed by atoms with Crippen molar-refractivity contribution in [1.82, 2.24) is 19.9 Å². The third-order valence-electron chi connectivity index (χ3n) is 2.13. The Kier molecular flexibility index (Phi) is 9.91. The zero-order chi connectivity index (χ0) is 21.1. The fraction of sp³-hybridized carbons (Fsp3) is 0.200. The molecule has 17 heteroatoms. The van der Waals surface area contributed by atoms with Crippen LogP contribution in [0.25, 0.3) is 0 Å². The molecule has 0 spiro atoms. The van der Waals surface area contributed by atoms with Crippen molar-refractivity contribution < 1.29 is 25.4 Å². The van der Waals surface area contributed by atoms with E-state index in [1.54, 1.807) is 12.5 Å². The second-order valence-electron chi connectivity index (χ2n) is 3.86. The highest BCUT2D eigenvalue weighted by atomic mass is 32.2. The maximum absolute atomic E-state index is 11.0. The second kappa shape index (κ2) is 11.3. The summed E-state index contributed by atoms with van der Waals surface area (Å²) in [7, 11) is 0. The van der Waals surface area contributed by atoms with Crippen LogP contribution in [0.3, 0.4) is 0 Å². The van der Waals surface area contributed by atoms with Gasteiger partial charge in [-0.1, -0.05) is 23.5 Å². The van der Waals surface area contributed by atoms with E-state index < -0.39 is 27.1 Å². The van der Waals surface area contributed by atoms with Gasteiger partial charge in [-0.15, -0.1) is 10.1 Å². The lowest BCUT2D eigenvalue weighted by Gasteiger charge is -1.96. The Morgan fingerprint density at radius 3 is 1.89 bits per heavy atom. The lowest BCUT2D eigenvalue weighted by molar-refractivity contribution is -0.742. The van der Waals surface area contributed by atoms with Gasteiger partial charge in [0, 0.05) is 0 Å². The molecule has 2 aromatic heterocycles. The lowest BCUT2D eigenvalue weighted by Crippen LogP contribution is -2.13. The standard InChI is InChI=1S/C5H5N3O4S.C5H6N2O2S.HNO3/c1-13-5-6-3(9)2(8(11)12)4(10)7-5;1-10-5-6-3(8)2-4(9)7-5;2-1(3)4/h1H3,(H2,6,7,9,10);2H,1H3,(H2,6,7,8,9);(H,2,3,4). The highest BCUT2D eigenvalue weighted by Gasteiger charge is 2.21. The summed E-state index contributed by atoms with van der Waals surface area (Å²) in [6.07, 6.45) is 3.38. The van der Waals surface area contributed by atoms with E-state index in [0.717, 1.165) is 17.8 Å². The minimum atomic E-state index is -1.50. The molecule has 2 rings (SSSR count). The van der Waals surface area contributed by atoms with Crippen molar-refractivity contribution >= 4 is 29.2 Å². The van der Waals surface area contributed by atoms with Crippen LogP contribution in [-0.2, 0) is 0 Å². The zero-order valence-electron chi connectivity index (χ0n) is 13.5. The minimum absolute atomic E-state index is 0.133. The Bertz CT molecular complexity index is 911. The monoisotopic (exact) mass is 424 g/mol. The van der Waals surface area contributed by atoms with Gasteiger partial charge in [0.1, 0.15) is 0 Å². The van der Waals surface area contributed by atoms with Crippen molar-refractivity contribution in [2.45, 2.75) is 10.3 Å². The summed E-state index contributed by atoms with van der Waals surface area (Å²) in [4.78, 5) is 50.7. The normalized spacial score (nSPS) is 9.26. The van der Waals surface area contributed by atoms with Crippen LogP contribution < -0.4 is 11.1 Å². The van der Waals surface area contributed by atoms with Crippen molar-refractivity contribution in [1.29, 1.82) is 0 Å². The molecule has 27 heavy (non-hydrogen) atoms. The van der Waals surface area contributed by atoms with Gasteiger partial charge >= 0.3 is 11.2 Å². The van der Waals surface area contributed by atoms with E-state index in [9.17, 15) is 19.7 Å². The Labute approximate surface area is 156 Å². The van der Waals surface area contributed by atoms with Crippen LogP contribution in [0.1, 0.15) is 0 Å². The average Bonchev–Trinajstić information content (AvgIpc) is 2.52. The molecule has 2 heterocycles. The van der Waals surface area contributed by atoms with Gasteiger partial charge in [-0.25, -0.2) is 0 Å². The van der Waals surface area contributed by atoms with Gasteiger partial charge in [-0.2, -0.15) is 9.97 Å². The summed E-state index contributed by atoms with van der Waals surface area (Å²) in [6.45, 7) is 0. The van der Waals surface area contributed by atoms with E-state index in [1.807, 2.05) is 0 Å². The van der Waals surface area contributed by atoms with E-state index in [-0.39, 0.29) is 16.6 Å². The number of nitrogens with one attached hydrogen (secondary N) is 2. The van der Waals surface area contributed by atoms with E-state index >= 15 is 0 Å². The molecule has 0 fully saturated rings. The third kappa shape index (κ3) is 9.07. The molecular formula is C10H12N6O9S2. The first kappa shape index (κ1) is 23.7. The smallest absolute Gasteiger partial charge is 0.395 e. The molecule has 0 aliphatic carbocycles. The van der Waals surface area contributed by atoms with Gasteiger partial charge in [0.2, 0.25) is 5.88 Å². The minimum Gasteiger partial charge on any atom is -0.493 e. The first-order valence-electron chi connectivity index (χ1n) is 6.21. The summed E-state index contributed by atoms with van der Waals surface area (Å²) in [6, 6.07) is 1.03. The Hall–Kier alpha value is -3.34. The number of nitro groups is 1. The van der Waals surface area contributed by atoms with Crippen LogP contribution in [0.4, 0.5) is 5.69 Å². The van der Waals surface area contributed by atoms with Crippen molar-refractivity contribution in [3.63, 3.8) is 0 Å². The third-order valence-corrected chi connectivity index (χ3v) is 3.29. The number of rotatable bonds is 3. The van der Waals surface area contributed by atoms with Crippen LogP contribution >= 0.6 is 23.5 Å². The largest absolute Gasteiger partial charge is 0.493 e. The van der Waals surface area contributed by atoms with E-state index in [4.69, 9.17) is 25.5 Å². The molecule has 0 aromatic carbocycles. The van der Waals surface area contributed by atoms with Gasteiger partial charge in [0.15, 0.2) is 10.3 Å². The molecule has 0 saturated carbocycles. The Morgan fingerprint density at radius 1 is 1.04 bits per heavy atom. The van der Waals surface area contributed by atoms with Gasteiger partial charge in [0.05, 0.1) is 11.0 Å². The van der Waals surface area contributed by atoms with Gasteiger partial charge < -0.3 is 20.4 Å². The van der Waals surface area contributed by atoms with Crippen LogP contribution in [0.5, 0.6) is 11.8 Å². The highest BCUT2D eigenvalue weighted by molar-refractivity contribution is 7.98. The van der Waals surface area contributed by atoms with E-state index in [1.165, 1.54) is 11.8 Å². The number of hydrogen-bond acceptors (Lipinski definition) is 12. The van der Waals surface area contributed by atoms with Crippen molar-refractivity contribution in [2.75, 3.05) is 12.5 Å². The predicted octanol–water partition coefficient (Wildman–Crippen LogP) is -0.0447. The van der Waals surface area contributed by atoms with Crippen molar-refractivity contribution in [3.8, 4) is 11.8 Å². The number of hydrogen-bond donors (Lipinski definition) is 5. The molecule has 0 bridgehead atoms. The SMILES string of the molecule is CSc1nc(O)c([N+](=O)[O-])c(=O)[nH]1.CSc1nc(O)cc(=O)[nH]1.O=[N+]([O-])O. The van der Waals surface area contributed by atoms with Crippen LogP contribution in [-0.4, -0.2) is 57.9 Å². The molecule has 5 N–H and O–H groups in total. The summed E-state index contributed by atoms with van der Waals surface area (Å²) in [5.74, 6) is -1.11.